The van der Waals surface area contributed by atoms with E-state index >= 15 is 0 Å². The zero-order chi connectivity index (χ0) is 78.3. The Balaban J connectivity index is 0.844. The van der Waals surface area contributed by atoms with Crippen LogP contribution in [0.2, 0.25) is 0 Å². The summed E-state index contributed by atoms with van der Waals surface area (Å²) in [4.78, 5) is 105. The van der Waals surface area contributed by atoms with E-state index in [4.69, 9.17) is 52.1 Å². The molecule has 8 amide bonds. The number of carbonyl (C=O) groups excluding carboxylic acids is 4. The monoisotopic (exact) mass is 1530 g/mol. The van der Waals surface area contributed by atoms with Gasteiger partial charge in [-0.05, 0) is 86.5 Å². The van der Waals surface area contributed by atoms with E-state index < -0.39 is 48.3 Å². The van der Waals surface area contributed by atoms with Gasteiger partial charge in [-0.2, -0.15) is 0 Å². The van der Waals surface area contributed by atoms with Gasteiger partial charge in [0, 0.05) is 105 Å². The van der Waals surface area contributed by atoms with E-state index in [2.05, 4.69) is 21.3 Å². The highest BCUT2D eigenvalue weighted by Gasteiger charge is 2.31. The molecule has 4 aromatic carbocycles. The fourth-order valence-electron chi connectivity index (χ4n) is 10.8. The summed E-state index contributed by atoms with van der Waals surface area (Å²) in [6.07, 6.45) is 0.339. The van der Waals surface area contributed by atoms with Crippen molar-refractivity contribution >= 4 is 48.0 Å². The summed E-state index contributed by atoms with van der Waals surface area (Å²) in [5, 5.41) is 51.3. The van der Waals surface area contributed by atoms with Crippen LogP contribution in [-0.4, -0.2) is 285 Å². The highest BCUT2D eigenvalue weighted by Crippen LogP contribution is 2.19. The molecule has 31 nitrogen and oxygen atoms in total. The van der Waals surface area contributed by atoms with E-state index in [1.165, 1.54) is 9.80 Å². The molecule has 0 aliphatic carbocycles. The van der Waals surface area contributed by atoms with E-state index in [1.54, 1.807) is 48.5 Å². The number of amides is 8. The standard InChI is InChI=1S/C78H118N8O23/c87-71(79-33-17-39-99-45-51-105-53-47-101-41-19-35-81-73(89)69(85(77(95)96)63-67-25-9-3-10-26-67)29-13-15-37-83(75(91)92)61-65-21-5-1-6-22-65)31-43-103-49-55-107-57-59-109-60-58-108-56-50-104-44-32-72(88)80-34-18-40-100-46-52-106-54-48-102-42-20-36-82-74(90)70(86(78(97)98)64-68-27-11-4-12-28-68)30-14-16-38-84(76(93)94)62-66-23-7-2-8-24-66/h1-12,21-28,69-70H,13-20,29-64H2,(H,79,87)(H,80,88)(H,81,89)(H,82,90)(H,91,92)(H,93,94)(H,95,96)(H,97,98)/t69-,70-/m0/s1. The normalized spacial score (nSPS) is 11.7. The van der Waals surface area contributed by atoms with Crippen LogP contribution in [0.1, 0.15) is 99.3 Å². The Morgan fingerprint density at radius 3 is 0.771 bits per heavy atom. The molecule has 4 aromatic rings. The van der Waals surface area contributed by atoms with Crippen LogP contribution in [0.5, 0.6) is 0 Å². The van der Waals surface area contributed by atoms with Gasteiger partial charge < -0.3 is 104 Å². The molecule has 109 heavy (non-hydrogen) atoms. The Morgan fingerprint density at radius 1 is 0.275 bits per heavy atom. The van der Waals surface area contributed by atoms with Gasteiger partial charge >= 0.3 is 24.4 Å². The summed E-state index contributed by atoms with van der Waals surface area (Å²) in [5.74, 6) is -1.09. The summed E-state index contributed by atoms with van der Waals surface area (Å²) in [6, 6.07) is 34.7. The summed E-state index contributed by atoms with van der Waals surface area (Å²) in [6.45, 7) is 10.4. The molecule has 0 aliphatic heterocycles. The van der Waals surface area contributed by atoms with Gasteiger partial charge in [-0.15, -0.1) is 0 Å². The first kappa shape index (κ1) is 92.8. The van der Waals surface area contributed by atoms with Crippen LogP contribution in [0.15, 0.2) is 121 Å². The lowest BCUT2D eigenvalue weighted by molar-refractivity contribution is -0.127. The zero-order valence-electron chi connectivity index (χ0n) is 63.1. The van der Waals surface area contributed by atoms with E-state index in [0.717, 1.165) is 32.1 Å². The predicted molar refractivity (Wildman–Crippen MR) is 404 cm³/mol. The maximum absolute atomic E-state index is 13.5. The van der Waals surface area contributed by atoms with Gasteiger partial charge in [0.25, 0.3) is 0 Å². The lowest BCUT2D eigenvalue weighted by Gasteiger charge is -2.29. The van der Waals surface area contributed by atoms with Gasteiger partial charge in [-0.1, -0.05) is 121 Å². The average Bonchev–Trinajstić information content (AvgIpc) is 0.857. The van der Waals surface area contributed by atoms with Crippen LogP contribution in [-0.2, 0) is 97.5 Å². The second kappa shape index (κ2) is 62.2. The summed E-state index contributed by atoms with van der Waals surface area (Å²) >= 11 is 0. The minimum absolute atomic E-state index is 0.0220. The quantitative estimate of drug-likeness (QED) is 0.0196. The molecule has 0 spiro atoms. The van der Waals surface area contributed by atoms with Gasteiger partial charge in [0.1, 0.15) is 12.1 Å². The number of carboxylic acid groups (broad SMARTS) is 4. The lowest BCUT2D eigenvalue weighted by atomic mass is 10.1. The molecule has 8 N–H and O–H groups in total. The Bertz CT molecular complexity index is 2830. The molecule has 0 fully saturated rings. The van der Waals surface area contributed by atoms with Crippen molar-refractivity contribution in [1.29, 1.82) is 0 Å². The van der Waals surface area contributed by atoms with Crippen molar-refractivity contribution in [3.05, 3.63) is 144 Å². The number of nitrogens with zero attached hydrogens (tertiary/aromatic N) is 4. The van der Waals surface area contributed by atoms with Crippen molar-refractivity contribution in [2.45, 2.75) is 115 Å². The zero-order valence-corrected chi connectivity index (χ0v) is 63.1. The Morgan fingerprint density at radius 2 is 0.514 bits per heavy atom. The summed E-state index contributed by atoms with van der Waals surface area (Å²) in [5.41, 5.74) is 3.20. The number of hydrogen-bond donors (Lipinski definition) is 8. The van der Waals surface area contributed by atoms with Gasteiger partial charge in [-0.3, -0.25) is 29.0 Å². The first-order chi connectivity index (χ1) is 53.2. The SMILES string of the molecule is O=C(CCOCCOCCOCCOCCOCCC(=O)NCCCOCCOCCOCCCNC(=O)[C@H](CCCCN(Cc1ccccc1)C(=O)O)N(Cc1ccccc1)C(=O)O)NCCCOCCOCCOCCCNC(=O)[C@H](CCCCN(Cc1ccccc1)C(=O)O)N(Cc1ccccc1)C(=O)O. The molecule has 0 heterocycles. The molecule has 0 radical (unpaired) electrons. The second-order valence-corrected chi connectivity index (χ2v) is 25.1. The molecule has 0 unspecified atom stereocenters. The lowest BCUT2D eigenvalue weighted by Crippen LogP contribution is -2.49. The third kappa shape index (κ3) is 47.2. The summed E-state index contributed by atoms with van der Waals surface area (Å²) in [7, 11) is 0. The fourth-order valence-corrected chi connectivity index (χ4v) is 10.8. The highest BCUT2D eigenvalue weighted by atomic mass is 16.6. The number of ether oxygens (including phenoxy) is 11. The minimum Gasteiger partial charge on any atom is -0.465 e. The van der Waals surface area contributed by atoms with Crippen molar-refractivity contribution < 1.29 is 111 Å². The first-order valence-corrected chi connectivity index (χ1v) is 37.8. The molecule has 2 atom stereocenters. The number of carbonyl (C=O) groups is 8. The van der Waals surface area contributed by atoms with Crippen LogP contribution >= 0.6 is 0 Å². The maximum atomic E-state index is 13.5. The molecule has 31 heteroatoms. The number of rotatable bonds is 68. The van der Waals surface area contributed by atoms with Crippen molar-refractivity contribution in [3.8, 4) is 0 Å². The van der Waals surface area contributed by atoms with Crippen LogP contribution in [0.3, 0.4) is 0 Å². The number of benzene rings is 4. The van der Waals surface area contributed by atoms with Crippen LogP contribution in [0.4, 0.5) is 19.2 Å². The van der Waals surface area contributed by atoms with E-state index in [9.17, 15) is 58.8 Å². The molecular formula is C78H118N8O23. The molecule has 0 aromatic heterocycles. The summed E-state index contributed by atoms with van der Waals surface area (Å²) < 4.78 is 61.2. The first-order valence-electron chi connectivity index (χ1n) is 37.8. The number of unbranched alkanes of at least 4 members (excludes halogenated alkanes) is 2. The molecule has 4 rings (SSSR count). The molecule has 608 valence electrons. The third-order valence-electron chi connectivity index (χ3n) is 16.6. The van der Waals surface area contributed by atoms with Crippen molar-refractivity contribution in [3.63, 3.8) is 0 Å². The predicted octanol–water partition coefficient (Wildman–Crippen LogP) is 7.77. The Hall–Kier alpha value is -8.60. The Labute approximate surface area is 640 Å². The molecule has 0 saturated carbocycles. The highest BCUT2D eigenvalue weighted by molar-refractivity contribution is 5.86. The van der Waals surface area contributed by atoms with Gasteiger partial charge in [0.05, 0.1) is 119 Å². The van der Waals surface area contributed by atoms with Gasteiger partial charge in [-0.25, -0.2) is 19.2 Å². The van der Waals surface area contributed by atoms with E-state index in [-0.39, 0.29) is 103 Å². The van der Waals surface area contributed by atoms with Crippen molar-refractivity contribution in [2.24, 2.45) is 0 Å². The van der Waals surface area contributed by atoms with Crippen molar-refractivity contribution in [2.75, 3.05) is 185 Å². The number of hydrogen-bond acceptors (Lipinski definition) is 19. The number of nitrogens with one attached hydrogen (secondary N) is 4. The van der Waals surface area contributed by atoms with Crippen LogP contribution < -0.4 is 21.3 Å². The van der Waals surface area contributed by atoms with Crippen LogP contribution in [0, 0.1) is 0 Å². The van der Waals surface area contributed by atoms with Crippen molar-refractivity contribution in [1.82, 2.24) is 40.9 Å². The van der Waals surface area contributed by atoms with Crippen LogP contribution in [0.25, 0.3) is 0 Å². The smallest absolute Gasteiger partial charge is 0.408 e. The minimum atomic E-state index is -1.23. The van der Waals surface area contributed by atoms with Gasteiger partial charge in [0.15, 0.2) is 0 Å². The van der Waals surface area contributed by atoms with Gasteiger partial charge in [0.2, 0.25) is 23.6 Å². The Kier molecular flexibility index (Phi) is 52.9. The molecule has 0 bridgehead atoms. The topological polar surface area (TPSA) is 380 Å². The van der Waals surface area contributed by atoms with E-state index in [0.29, 0.717) is 197 Å². The second-order valence-electron chi connectivity index (χ2n) is 25.1. The maximum Gasteiger partial charge on any atom is 0.408 e. The fraction of sp³-hybridized carbons (Fsp3) is 0.590. The average molecular weight is 1540 g/mol. The van der Waals surface area contributed by atoms with E-state index in [1.807, 2.05) is 72.8 Å². The molecule has 0 saturated heterocycles. The largest absolute Gasteiger partial charge is 0.465 e. The molecule has 0 aliphatic rings. The molecular weight excluding hydrogens is 1420 g/mol. The third-order valence-corrected chi connectivity index (χ3v) is 16.6.